The van der Waals surface area contributed by atoms with Crippen molar-refractivity contribution in [1.29, 1.82) is 0 Å². The Labute approximate surface area is 139 Å². The molecule has 126 valence electrons. The van der Waals surface area contributed by atoms with E-state index >= 15 is 0 Å². The van der Waals surface area contributed by atoms with Crippen LogP contribution >= 0.6 is 0 Å². The van der Waals surface area contributed by atoms with E-state index in [-0.39, 0.29) is 18.5 Å². The number of halogens is 1. The molecule has 0 saturated carbocycles. The zero-order valence-corrected chi connectivity index (χ0v) is 13.6. The normalized spacial score (nSPS) is 12.3. The molecule has 6 nitrogen and oxygen atoms in total. The Bertz CT molecular complexity index is 809. The summed E-state index contributed by atoms with van der Waals surface area (Å²) in [7, 11) is 0. The van der Waals surface area contributed by atoms with E-state index in [0.29, 0.717) is 6.54 Å². The molecule has 0 spiro atoms. The lowest BCUT2D eigenvalue weighted by molar-refractivity contribution is 0.269. The molecule has 0 amide bonds. The van der Waals surface area contributed by atoms with E-state index in [1.807, 2.05) is 26.2 Å². The van der Waals surface area contributed by atoms with Gasteiger partial charge in [0.2, 0.25) is 0 Å². The van der Waals surface area contributed by atoms with Crippen molar-refractivity contribution in [3.05, 3.63) is 59.9 Å². The average Bonchev–Trinajstić information content (AvgIpc) is 3.15. The number of nitrogens with one attached hydrogen (secondary N) is 1. The number of benzene rings is 1. The Morgan fingerprint density at radius 3 is 2.67 bits per heavy atom. The fourth-order valence-electron chi connectivity index (χ4n) is 2.68. The third kappa shape index (κ3) is 3.30. The second kappa shape index (κ2) is 6.84. The molecule has 1 aromatic carbocycles. The first-order chi connectivity index (χ1) is 11.6. The third-order valence-electron chi connectivity index (χ3n) is 3.93. The smallest absolute Gasteiger partial charge is 0.123 e. The fraction of sp³-hybridized carbons (Fsp3) is 0.294. The van der Waals surface area contributed by atoms with Crippen LogP contribution in [0.1, 0.15) is 24.2 Å². The van der Waals surface area contributed by atoms with Crippen molar-refractivity contribution in [2.75, 3.05) is 11.9 Å². The number of hydrogen-bond acceptors (Lipinski definition) is 4. The van der Waals surface area contributed by atoms with Gasteiger partial charge in [-0.15, -0.1) is 0 Å². The summed E-state index contributed by atoms with van der Waals surface area (Å²) < 4.78 is 16.6. The summed E-state index contributed by atoms with van der Waals surface area (Å²) in [6.45, 7) is 4.55. The minimum atomic E-state index is -0.265. The number of hydrogen-bond donors (Lipinski definition) is 2. The van der Waals surface area contributed by atoms with Crippen LogP contribution in [0.25, 0.3) is 5.69 Å². The van der Waals surface area contributed by atoms with Crippen LogP contribution in [0, 0.1) is 12.7 Å². The molecule has 7 heteroatoms. The lowest BCUT2D eigenvalue weighted by Gasteiger charge is -2.14. The van der Waals surface area contributed by atoms with Crippen molar-refractivity contribution in [3.63, 3.8) is 0 Å². The van der Waals surface area contributed by atoms with Crippen LogP contribution in [0.5, 0.6) is 0 Å². The molecule has 0 saturated heterocycles. The van der Waals surface area contributed by atoms with Crippen LogP contribution in [-0.4, -0.2) is 31.3 Å². The number of anilines is 1. The molecule has 0 bridgehead atoms. The van der Waals surface area contributed by atoms with Gasteiger partial charge in [0.25, 0.3) is 0 Å². The highest BCUT2D eigenvalue weighted by molar-refractivity contribution is 5.43. The lowest BCUT2D eigenvalue weighted by Crippen LogP contribution is -2.08. The summed E-state index contributed by atoms with van der Waals surface area (Å²) in [5.41, 5.74) is 3.74. The molecule has 2 N–H and O–H groups in total. The van der Waals surface area contributed by atoms with E-state index in [4.69, 9.17) is 5.11 Å². The number of aliphatic hydroxyl groups is 1. The predicted molar refractivity (Wildman–Crippen MR) is 89.6 cm³/mol. The van der Waals surface area contributed by atoms with Gasteiger partial charge in [-0.2, -0.15) is 10.2 Å². The molecule has 1 unspecified atom stereocenters. The standard InChI is InChI=1S/C17H20FN5O/c1-12(21-15-9-19-22(11-15)7-8-24)17-10-20-23(13(17)2)16-5-3-14(18)4-6-16/h3-6,9-12,21,24H,7-8H2,1-2H3. The van der Waals surface area contributed by atoms with E-state index in [2.05, 4.69) is 15.5 Å². The van der Waals surface area contributed by atoms with E-state index in [9.17, 15) is 4.39 Å². The van der Waals surface area contributed by atoms with Crippen molar-refractivity contribution in [1.82, 2.24) is 19.6 Å². The van der Waals surface area contributed by atoms with E-state index in [1.54, 1.807) is 27.7 Å². The van der Waals surface area contributed by atoms with Gasteiger partial charge in [0.15, 0.2) is 0 Å². The summed E-state index contributed by atoms with van der Waals surface area (Å²) in [4.78, 5) is 0. The topological polar surface area (TPSA) is 67.9 Å². The Balaban J connectivity index is 1.77. The molecule has 2 aromatic heterocycles. The SMILES string of the molecule is Cc1c(C(C)Nc2cnn(CCO)c2)cnn1-c1ccc(F)cc1. The van der Waals surface area contributed by atoms with Crippen molar-refractivity contribution in [3.8, 4) is 5.69 Å². The van der Waals surface area contributed by atoms with Crippen LogP contribution in [0.15, 0.2) is 42.9 Å². The summed E-state index contributed by atoms with van der Waals surface area (Å²) in [6.07, 6.45) is 5.40. The maximum Gasteiger partial charge on any atom is 0.123 e. The maximum absolute atomic E-state index is 13.1. The van der Waals surface area contributed by atoms with Gasteiger partial charge in [-0.05, 0) is 38.1 Å². The van der Waals surface area contributed by atoms with E-state index in [1.165, 1.54) is 12.1 Å². The summed E-state index contributed by atoms with van der Waals surface area (Å²) in [5.74, 6) is -0.265. The van der Waals surface area contributed by atoms with Gasteiger partial charge in [0, 0.05) is 17.5 Å². The molecule has 0 fully saturated rings. The Morgan fingerprint density at radius 1 is 1.21 bits per heavy atom. The monoisotopic (exact) mass is 329 g/mol. The largest absolute Gasteiger partial charge is 0.394 e. The molecule has 1 atom stereocenters. The van der Waals surface area contributed by atoms with Gasteiger partial charge < -0.3 is 10.4 Å². The molecule has 24 heavy (non-hydrogen) atoms. The predicted octanol–water partition coefficient (Wildman–Crippen LogP) is 2.68. The highest BCUT2D eigenvalue weighted by atomic mass is 19.1. The Morgan fingerprint density at radius 2 is 1.96 bits per heavy atom. The summed E-state index contributed by atoms with van der Waals surface area (Å²) in [6, 6.07) is 6.29. The van der Waals surface area contributed by atoms with Gasteiger partial charge in [-0.1, -0.05) is 0 Å². The van der Waals surface area contributed by atoms with Crippen LogP contribution < -0.4 is 5.32 Å². The minimum absolute atomic E-state index is 0.0333. The molecule has 2 heterocycles. The molecule has 3 rings (SSSR count). The Hall–Kier alpha value is -2.67. The first-order valence-corrected chi connectivity index (χ1v) is 7.79. The van der Waals surface area contributed by atoms with E-state index in [0.717, 1.165) is 22.6 Å². The second-order valence-corrected chi connectivity index (χ2v) is 5.66. The molecular formula is C17H20FN5O. The number of aromatic nitrogens is 4. The van der Waals surface area contributed by atoms with Crippen molar-refractivity contribution >= 4 is 5.69 Å². The number of rotatable bonds is 6. The molecule has 0 aliphatic rings. The van der Waals surface area contributed by atoms with Crippen LogP contribution in [0.2, 0.25) is 0 Å². The van der Waals surface area contributed by atoms with Crippen molar-refractivity contribution in [2.45, 2.75) is 26.4 Å². The first-order valence-electron chi connectivity index (χ1n) is 7.79. The minimum Gasteiger partial charge on any atom is -0.394 e. The highest BCUT2D eigenvalue weighted by Gasteiger charge is 2.15. The number of nitrogens with zero attached hydrogens (tertiary/aromatic N) is 4. The van der Waals surface area contributed by atoms with Gasteiger partial charge in [0.1, 0.15) is 5.82 Å². The van der Waals surface area contributed by atoms with Gasteiger partial charge >= 0.3 is 0 Å². The molecule has 3 aromatic rings. The lowest BCUT2D eigenvalue weighted by atomic mass is 10.1. The van der Waals surface area contributed by atoms with Gasteiger partial charge in [-0.25, -0.2) is 9.07 Å². The quantitative estimate of drug-likeness (QED) is 0.730. The van der Waals surface area contributed by atoms with Crippen molar-refractivity contribution in [2.24, 2.45) is 0 Å². The fourth-order valence-corrected chi connectivity index (χ4v) is 2.68. The van der Waals surface area contributed by atoms with Gasteiger partial charge in [-0.3, -0.25) is 4.68 Å². The van der Waals surface area contributed by atoms with Crippen LogP contribution in [-0.2, 0) is 6.54 Å². The van der Waals surface area contributed by atoms with Crippen LogP contribution in [0.3, 0.4) is 0 Å². The molecule has 0 aliphatic carbocycles. The second-order valence-electron chi connectivity index (χ2n) is 5.66. The maximum atomic E-state index is 13.1. The van der Waals surface area contributed by atoms with E-state index < -0.39 is 0 Å². The Kier molecular flexibility index (Phi) is 4.61. The number of aliphatic hydroxyl groups excluding tert-OH is 1. The molecule has 0 radical (unpaired) electrons. The zero-order chi connectivity index (χ0) is 17.1. The molecule has 0 aliphatic heterocycles. The third-order valence-corrected chi connectivity index (χ3v) is 3.93. The first kappa shape index (κ1) is 16.2. The van der Waals surface area contributed by atoms with Crippen LogP contribution in [0.4, 0.5) is 10.1 Å². The summed E-state index contributed by atoms with van der Waals surface area (Å²) >= 11 is 0. The molecular weight excluding hydrogens is 309 g/mol. The van der Waals surface area contributed by atoms with Gasteiger partial charge in [0.05, 0.1) is 43.0 Å². The zero-order valence-electron chi connectivity index (χ0n) is 13.6. The summed E-state index contributed by atoms with van der Waals surface area (Å²) in [5, 5.41) is 20.9. The van der Waals surface area contributed by atoms with Crippen molar-refractivity contribution < 1.29 is 9.50 Å². The highest BCUT2D eigenvalue weighted by Crippen LogP contribution is 2.23. The average molecular weight is 329 g/mol.